The van der Waals surface area contributed by atoms with Crippen molar-refractivity contribution in [2.24, 2.45) is 0 Å². The molecule has 4 rings (SSSR count). The summed E-state index contributed by atoms with van der Waals surface area (Å²) in [5.74, 6) is -0.279. The van der Waals surface area contributed by atoms with Crippen molar-refractivity contribution in [3.05, 3.63) is 70.7 Å². The lowest BCUT2D eigenvalue weighted by molar-refractivity contribution is 0.0929. The van der Waals surface area contributed by atoms with Crippen LogP contribution in [0.15, 0.2) is 54.7 Å². The summed E-state index contributed by atoms with van der Waals surface area (Å²) in [6, 6.07) is 15.1. The van der Waals surface area contributed by atoms with Crippen molar-refractivity contribution in [1.82, 2.24) is 15.6 Å². The number of carbonyl (C=O) groups is 2. The Balaban J connectivity index is 1.38. The molecule has 3 aromatic rings. The van der Waals surface area contributed by atoms with Gasteiger partial charge in [0.2, 0.25) is 0 Å². The van der Waals surface area contributed by atoms with Gasteiger partial charge < -0.3 is 21.3 Å². The van der Waals surface area contributed by atoms with Crippen LogP contribution in [0.4, 0.5) is 16.5 Å². The maximum atomic E-state index is 12.6. The minimum absolute atomic E-state index is 0.0760. The SMILES string of the molecule is Cc1cccc(NC(=O)c2cnc(Nc3cccc(C(=O)NC4CCNCC4)c3)s2)c1. The summed E-state index contributed by atoms with van der Waals surface area (Å²) in [6.07, 6.45) is 3.43. The first-order valence-electron chi connectivity index (χ1n) is 10.3. The molecule has 0 atom stereocenters. The van der Waals surface area contributed by atoms with Crippen LogP contribution >= 0.6 is 11.3 Å². The van der Waals surface area contributed by atoms with Gasteiger partial charge in [-0.15, -0.1) is 0 Å². The van der Waals surface area contributed by atoms with E-state index >= 15 is 0 Å². The van der Waals surface area contributed by atoms with E-state index in [-0.39, 0.29) is 17.9 Å². The molecule has 2 heterocycles. The lowest BCUT2D eigenvalue weighted by atomic mass is 10.1. The molecule has 31 heavy (non-hydrogen) atoms. The number of anilines is 3. The predicted molar refractivity (Wildman–Crippen MR) is 124 cm³/mol. The maximum absolute atomic E-state index is 12.6. The Morgan fingerprint density at radius 1 is 1.03 bits per heavy atom. The molecule has 2 amide bonds. The van der Waals surface area contributed by atoms with Gasteiger partial charge in [-0.1, -0.05) is 29.5 Å². The van der Waals surface area contributed by atoms with Crippen LogP contribution < -0.4 is 21.3 Å². The second-order valence-corrected chi connectivity index (χ2v) is 8.59. The van der Waals surface area contributed by atoms with Gasteiger partial charge in [0.1, 0.15) is 4.88 Å². The number of nitrogens with zero attached hydrogens (tertiary/aromatic N) is 1. The van der Waals surface area contributed by atoms with Gasteiger partial charge in [0.15, 0.2) is 5.13 Å². The molecule has 2 aromatic carbocycles. The third-order valence-corrected chi connectivity index (χ3v) is 5.97. The lowest BCUT2D eigenvalue weighted by Crippen LogP contribution is -2.42. The fourth-order valence-corrected chi connectivity index (χ4v) is 4.18. The van der Waals surface area contributed by atoms with Gasteiger partial charge in [0.25, 0.3) is 11.8 Å². The van der Waals surface area contributed by atoms with Gasteiger partial charge in [-0.05, 0) is 68.8 Å². The predicted octanol–water partition coefficient (Wildman–Crippen LogP) is 3.93. The van der Waals surface area contributed by atoms with E-state index in [1.807, 2.05) is 43.3 Å². The minimum atomic E-state index is -0.203. The van der Waals surface area contributed by atoms with Crippen molar-refractivity contribution >= 4 is 39.7 Å². The molecule has 0 aliphatic carbocycles. The van der Waals surface area contributed by atoms with E-state index < -0.39 is 0 Å². The molecule has 1 saturated heterocycles. The molecule has 1 fully saturated rings. The maximum Gasteiger partial charge on any atom is 0.267 e. The lowest BCUT2D eigenvalue weighted by Gasteiger charge is -2.23. The van der Waals surface area contributed by atoms with Gasteiger partial charge in [-0.2, -0.15) is 0 Å². The molecule has 1 aliphatic heterocycles. The van der Waals surface area contributed by atoms with Crippen molar-refractivity contribution < 1.29 is 9.59 Å². The van der Waals surface area contributed by atoms with Crippen molar-refractivity contribution in [2.45, 2.75) is 25.8 Å². The first-order valence-corrected chi connectivity index (χ1v) is 11.1. The number of hydrogen-bond acceptors (Lipinski definition) is 6. The minimum Gasteiger partial charge on any atom is -0.349 e. The third-order valence-electron chi connectivity index (χ3n) is 5.06. The van der Waals surface area contributed by atoms with E-state index in [4.69, 9.17) is 0 Å². The summed E-state index contributed by atoms with van der Waals surface area (Å²) in [5, 5.41) is 13.1. The van der Waals surface area contributed by atoms with Crippen LogP contribution in [0.1, 0.15) is 38.4 Å². The van der Waals surface area contributed by atoms with E-state index in [9.17, 15) is 9.59 Å². The van der Waals surface area contributed by atoms with Gasteiger partial charge in [0.05, 0.1) is 6.20 Å². The Morgan fingerprint density at radius 3 is 2.61 bits per heavy atom. The smallest absolute Gasteiger partial charge is 0.267 e. The van der Waals surface area contributed by atoms with Crippen LogP contribution in [-0.2, 0) is 0 Å². The van der Waals surface area contributed by atoms with Gasteiger partial charge in [-0.25, -0.2) is 4.98 Å². The highest BCUT2D eigenvalue weighted by Gasteiger charge is 2.17. The van der Waals surface area contributed by atoms with E-state index in [0.29, 0.717) is 15.6 Å². The molecule has 4 N–H and O–H groups in total. The van der Waals surface area contributed by atoms with Crippen molar-refractivity contribution in [3.8, 4) is 0 Å². The van der Waals surface area contributed by atoms with Gasteiger partial charge in [-0.3, -0.25) is 9.59 Å². The van der Waals surface area contributed by atoms with Crippen LogP contribution in [0.25, 0.3) is 0 Å². The highest BCUT2D eigenvalue weighted by molar-refractivity contribution is 7.17. The zero-order chi connectivity index (χ0) is 21.6. The summed E-state index contributed by atoms with van der Waals surface area (Å²) in [6.45, 7) is 3.83. The van der Waals surface area contributed by atoms with Crippen LogP contribution in [0.5, 0.6) is 0 Å². The number of aromatic nitrogens is 1. The number of rotatable bonds is 6. The molecule has 0 bridgehead atoms. The number of benzene rings is 2. The van der Waals surface area contributed by atoms with E-state index in [1.54, 1.807) is 18.3 Å². The molecule has 1 aliphatic rings. The summed E-state index contributed by atoms with van der Waals surface area (Å²) < 4.78 is 0. The van der Waals surface area contributed by atoms with Gasteiger partial charge in [0, 0.05) is 23.0 Å². The first kappa shape index (κ1) is 21.0. The second kappa shape index (κ2) is 9.72. The quantitative estimate of drug-likeness (QED) is 0.471. The van der Waals surface area contributed by atoms with Gasteiger partial charge >= 0.3 is 0 Å². The molecule has 0 saturated carbocycles. The fraction of sp³-hybridized carbons (Fsp3) is 0.261. The van der Waals surface area contributed by atoms with Crippen LogP contribution in [0, 0.1) is 6.92 Å². The zero-order valence-corrected chi connectivity index (χ0v) is 18.1. The standard InChI is InChI=1S/C23H25N5O2S/c1-15-4-2-6-18(12-15)27-22(30)20-14-25-23(31-20)28-19-7-3-5-16(13-19)21(29)26-17-8-10-24-11-9-17/h2-7,12-14,17,24H,8-11H2,1H3,(H,25,28)(H,26,29)(H,27,30). The molecular formula is C23H25N5O2S. The zero-order valence-electron chi connectivity index (χ0n) is 17.3. The first-order chi connectivity index (χ1) is 15.1. The topological polar surface area (TPSA) is 95.2 Å². The van der Waals surface area contributed by atoms with E-state index in [0.717, 1.165) is 42.9 Å². The second-order valence-electron chi connectivity index (χ2n) is 7.56. The van der Waals surface area contributed by atoms with Crippen LogP contribution in [0.2, 0.25) is 0 Å². The number of carbonyl (C=O) groups excluding carboxylic acids is 2. The molecule has 0 unspecified atom stereocenters. The summed E-state index contributed by atoms with van der Waals surface area (Å²) in [5.41, 5.74) is 3.17. The van der Waals surface area contributed by atoms with E-state index in [2.05, 4.69) is 26.3 Å². The molecule has 160 valence electrons. The fourth-order valence-electron chi connectivity index (χ4n) is 3.45. The van der Waals surface area contributed by atoms with Crippen LogP contribution in [-0.4, -0.2) is 35.9 Å². The largest absolute Gasteiger partial charge is 0.349 e. The Bertz CT molecular complexity index is 1080. The number of hydrogen-bond donors (Lipinski definition) is 4. The highest BCUT2D eigenvalue weighted by Crippen LogP contribution is 2.24. The number of amides is 2. The monoisotopic (exact) mass is 435 g/mol. The summed E-state index contributed by atoms with van der Waals surface area (Å²) in [4.78, 5) is 29.9. The Morgan fingerprint density at radius 2 is 1.81 bits per heavy atom. The molecule has 7 nitrogen and oxygen atoms in total. The summed E-state index contributed by atoms with van der Waals surface area (Å²) >= 11 is 1.26. The van der Waals surface area contributed by atoms with E-state index in [1.165, 1.54) is 11.3 Å². The number of aryl methyl sites for hydroxylation is 1. The Labute approximate surface area is 185 Å². The molecule has 0 spiro atoms. The molecule has 8 heteroatoms. The average Bonchev–Trinajstić information content (AvgIpc) is 3.23. The molecule has 0 radical (unpaired) electrons. The van der Waals surface area contributed by atoms with Crippen molar-refractivity contribution in [2.75, 3.05) is 23.7 Å². The Hall–Kier alpha value is -3.23. The Kier molecular flexibility index (Phi) is 6.59. The van der Waals surface area contributed by atoms with Crippen molar-refractivity contribution in [3.63, 3.8) is 0 Å². The number of thiazole rings is 1. The van der Waals surface area contributed by atoms with Crippen LogP contribution in [0.3, 0.4) is 0 Å². The molecule has 1 aromatic heterocycles. The number of piperidine rings is 1. The third kappa shape index (κ3) is 5.68. The molecular weight excluding hydrogens is 410 g/mol. The normalized spacial score (nSPS) is 14.1. The highest BCUT2D eigenvalue weighted by atomic mass is 32.1. The average molecular weight is 436 g/mol. The summed E-state index contributed by atoms with van der Waals surface area (Å²) in [7, 11) is 0. The number of nitrogens with one attached hydrogen (secondary N) is 4. The van der Waals surface area contributed by atoms with Crippen molar-refractivity contribution in [1.29, 1.82) is 0 Å².